The maximum Gasteiger partial charge on any atom is 0.372 e. The summed E-state index contributed by atoms with van der Waals surface area (Å²) >= 11 is 0. The van der Waals surface area contributed by atoms with Crippen molar-refractivity contribution >= 4 is 21.9 Å². The number of carbonyl (C=O) groups is 2. The third-order valence-electron chi connectivity index (χ3n) is 8.24. The molecule has 32 heavy (non-hydrogen) atoms. The van der Waals surface area contributed by atoms with Gasteiger partial charge in [-0.15, -0.1) is 0 Å². The highest BCUT2D eigenvalue weighted by Crippen LogP contribution is 2.60. The smallest absolute Gasteiger partial charge is 0.372 e. The fourth-order valence-corrected chi connectivity index (χ4v) is 8.88. The zero-order valence-electron chi connectivity index (χ0n) is 18.5. The van der Waals surface area contributed by atoms with Crippen LogP contribution in [0.3, 0.4) is 0 Å². The molecular weight excluding hydrogens is 432 g/mol. The summed E-state index contributed by atoms with van der Waals surface area (Å²) in [4.78, 5) is 24.6. The van der Waals surface area contributed by atoms with Gasteiger partial charge in [-0.3, -0.25) is 4.79 Å². The lowest BCUT2D eigenvalue weighted by molar-refractivity contribution is -0.146. The van der Waals surface area contributed by atoms with E-state index in [-0.39, 0.29) is 40.3 Å². The quantitative estimate of drug-likeness (QED) is 0.668. The van der Waals surface area contributed by atoms with E-state index in [1.807, 2.05) is 0 Å². The predicted octanol–water partition coefficient (Wildman–Crippen LogP) is 3.16. The second kappa shape index (κ2) is 7.87. The number of nitrogens with zero attached hydrogens (tertiary/aromatic N) is 1. The molecule has 1 aromatic rings. The van der Waals surface area contributed by atoms with Crippen molar-refractivity contribution in [3.05, 3.63) is 17.4 Å². The molecule has 1 aromatic heterocycles. The van der Waals surface area contributed by atoms with Crippen LogP contribution in [0.15, 0.2) is 15.6 Å². The van der Waals surface area contributed by atoms with E-state index in [1.165, 1.54) is 36.6 Å². The summed E-state index contributed by atoms with van der Waals surface area (Å²) in [6, 6.07) is 0.920. The lowest BCUT2D eigenvalue weighted by atomic mass is 9.49. The van der Waals surface area contributed by atoms with Crippen LogP contribution in [0, 0.1) is 30.1 Å². The summed E-state index contributed by atoms with van der Waals surface area (Å²) < 4.78 is 33.2. The van der Waals surface area contributed by atoms with Crippen LogP contribution in [0.25, 0.3) is 0 Å². The first-order chi connectivity index (χ1) is 15.2. The molecule has 2 heterocycles. The molecule has 8 nitrogen and oxygen atoms in total. The van der Waals surface area contributed by atoms with Gasteiger partial charge in [0.1, 0.15) is 0 Å². The zero-order chi connectivity index (χ0) is 22.7. The Hall–Kier alpha value is -1.87. The van der Waals surface area contributed by atoms with Gasteiger partial charge in [0, 0.05) is 36.2 Å². The van der Waals surface area contributed by atoms with Gasteiger partial charge in [0.05, 0.1) is 0 Å². The number of aryl methyl sites for hydroxylation is 1. The molecular formula is C23H32N2O6S. The number of hydrogen-bond donors (Lipinski definition) is 2. The lowest BCUT2D eigenvalue weighted by Crippen LogP contribution is -2.56. The van der Waals surface area contributed by atoms with Crippen molar-refractivity contribution < 1.29 is 27.5 Å². The number of carboxylic acid groups (broad SMARTS) is 1. The van der Waals surface area contributed by atoms with Crippen LogP contribution >= 0.6 is 0 Å². The summed E-state index contributed by atoms with van der Waals surface area (Å²) in [5, 5.41) is 12.0. The standard InChI is InChI=1S/C23H32N2O6S/c1-14-6-19(31-20(14)21(26)27)32(29,30)25-5-3-2-4-18(25)13-24-22(28)23-10-15-7-16(11-23)9-17(8-15)12-23/h6,15-18H,2-5,7-13H2,1H3,(H,24,28)(H,26,27). The van der Waals surface area contributed by atoms with E-state index in [1.54, 1.807) is 0 Å². The minimum absolute atomic E-state index is 0.0986. The van der Waals surface area contributed by atoms with Crippen molar-refractivity contribution in [3.63, 3.8) is 0 Å². The van der Waals surface area contributed by atoms with E-state index < -0.39 is 16.0 Å². The van der Waals surface area contributed by atoms with Gasteiger partial charge in [0.25, 0.3) is 10.0 Å². The van der Waals surface area contributed by atoms with Crippen molar-refractivity contribution in [1.82, 2.24) is 9.62 Å². The molecule has 2 N–H and O–H groups in total. The number of carboxylic acids is 1. The van der Waals surface area contributed by atoms with Gasteiger partial charge >= 0.3 is 5.97 Å². The summed E-state index contributed by atoms with van der Waals surface area (Å²) in [6.45, 7) is 2.14. The van der Waals surface area contributed by atoms with Crippen LogP contribution in [-0.2, 0) is 14.8 Å². The van der Waals surface area contributed by atoms with Crippen LogP contribution in [-0.4, -0.2) is 48.8 Å². The highest BCUT2D eigenvalue weighted by Gasteiger charge is 2.54. The van der Waals surface area contributed by atoms with Gasteiger partial charge < -0.3 is 14.8 Å². The van der Waals surface area contributed by atoms with E-state index in [0.717, 1.165) is 32.1 Å². The summed E-state index contributed by atoms with van der Waals surface area (Å²) in [5.74, 6) is 0.466. The van der Waals surface area contributed by atoms with Crippen molar-refractivity contribution in [2.24, 2.45) is 23.2 Å². The molecule has 5 aliphatic rings. The predicted molar refractivity (Wildman–Crippen MR) is 116 cm³/mol. The summed E-state index contributed by atoms with van der Waals surface area (Å²) in [6.07, 6.45) is 8.99. The number of sulfonamides is 1. The molecule has 1 aliphatic heterocycles. The van der Waals surface area contributed by atoms with Crippen LogP contribution in [0.2, 0.25) is 0 Å². The van der Waals surface area contributed by atoms with Crippen molar-refractivity contribution in [2.75, 3.05) is 13.1 Å². The number of furan rings is 1. The minimum atomic E-state index is -3.99. The maximum atomic E-state index is 13.3. The lowest BCUT2D eigenvalue weighted by Gasteiger charge is -2.55. The number of carbonyl (C=O) groups excluding carboxylic acids is 1. The third kappa shape index (κ3) is 3.67. The fourth-order valence-electron chi connectivity index (χ4n) is 7.19. The number of hydrogen-bond acceptors (Lipinski definition) is 5. The zero-order valence-corrected chi connectivity index (χ0v) is 19.3. The molecule has 1 unspecified atom stereocenters. The average Bonchev–Trinajstić information content (AvgIpc) is 3.14. The third-order valence-corrected chi connectivity index (χ3v) is 10.1. The fraction of sp³-hybridized carbons (Fsp3) is 0.739. The molecule has 0 radical (unpaired) electrons. The Kier molecular flexibility index (Phi) is 5.40. The molecule has 4 saturated carbocycles. The second-order valence-electron chi connectivity index (χ2n) is 10.6. The molecule has 1 atom stereocenters. The monoisotopic (exact) mass is 464 g/mol. The first-order valence-corrected chi connectivity index (χ1v) is 13.3. The average molecular weight is 465 g/mol. The molecule has 9 heteroatoms. The van der Waals surface area contributed by atoms with Crippen LogP contribution in [0.4, 0.5) is 0 Å². The molecule has 176 valence electrons. The molecule has 4 aliphatic carbocycles. The molecule has 0 aromatic carbocycles. The topological polar surface area (TPSA) is 117 Å². The van der Waals surface area contributed by atoms with E-state index >= 15 is 0 Å². The Labute approximate surface area is 188 Å². The second-order valence-corrected chi connectivity index (χ2v) is 12.4. The molecule has 5 fully saturated rings. The largest absolute Gasteiger partial charge is 0.475 e. The Bertz CT molecular complexity index is 994. The van der Waals surface area contributed by atoms with Crippen molar-refractivity contribution in [2.45, 2.75) is 75.8 Å². The van der Waals surface area contributed by atoms with E-state index in [0.29, 0.717) is 30.7 Å². The van der Waals surface area contributed by atoms with E-state index in [4.69, 9.17) is 4.42 Å². The molecule has 6 rings (SSSR count). The highest BCUT2D eigenvalue weighted by molar-refractivity contribution is 7.89. The molecule has 0 spiro atoms. The first-order valence-electron chi connectivity index (χ1n) is 11.8. The summed E-state index contributed by atoms with van der Waals surface area (Å²) in [5.41, 5.74) is 0.0153. The number of rotatable bonds is 6. The van der Waals surface area contributed by atoms with E-state index in [2.05, 4.69) is 5.32 Å². The number of piperidine rings is 1. The minimum Gasteiger partial charge on any atom is -0.475 e. The van der Waals surface area contributed by atoms with E-state index in [9.17, 15) is 23.1 Å². The highest BCUT2D eigenvalue weighted by atomic mass is 32.2. The number of nitrogens with one attached hydrogen (secondary N) is 1. The number of amides is 1. The Balaban J connectivity index is 1.30. The SMILES string of the molecule is Cc1cc(S(=O)(=O)N2CCCCC2CNC(=O)C23CC4CC(CC(C4)C2)C3)oc1C(=O)O. The van der Waals surface area contributed by atoms with Crippen LogP contribution in [0.1, 0.15) is 73.9 Å². The first kappa shape index (κ1) is 21.9. The number of aromatic carboxylic acids is 1. The maximum absolute atomic E-state index is 13.3. The Morgan fingerprint density at radius 2 is 1.78 bits per heavy atom. The Morgan fingerprint density at radius 1 is 1.16 bits per heavy atom. The van der Waals surface area contributed by atoms with Gasteiger partial charge in [-0.1, -0.05) is 6.42 Å². The Morgan fingerprint density at radius 3 is 2.34 bits per heavy atom. The summed E-state index contributed by atoms with van der Waals surface area (Å²) in [7, 11) is -3.99. The van der Waals surface area contributed by atoms with Crippen molar-refractivity contribution in [1.29, 1.82) is 0 Å². The van der Waals surface area contributed by atoms with Crippen molar-refractivity contribution in [3.8, 4) is 0 Å². The van der Waals surface area contributed by atoms with Gasteiger partial charge in [-0.25, -0.2) is 13.2 Å². The van der Waals surface area contributed by atoms with Crippen LogP contribution < -0.4 is 5.32 Å². The molecule has 1 amide bonds. The molecule has 4 bridgehead atoms. The van der Waals surface area contributed by atoms with Gasteiger partial charge in [0.2, 0.25) is 16.8 Å². The van der Waals surface area contributed by atoms with Gasteiger partial charge in [0.15, 0.2) is 0 Å². The molecule has 1 saturated heterocycles. The normalized spacial score (nSPS) is 34.5. The van der Waals surface area contributed by atoms with Gasteiger partial charge in [-0.05, 0) is 76.0 Å². The van der Waals surface area contributed by atoms with Crippen LogP contribution in [0.5, 0.6) is 0 Å². The van der Waals surface area contributed by atoms with Gasteiger partial charge in [-0.2, -0.15) is 4.31 Å².